The van der Waals surface area contributed by atoms with Crippen molar-refractivity contribution in [3.63, 3.8) is 0 Å². The molecular weight excluding hydrogens is 290 g/mol. The maximum absolute atomic E-state index is 12.5. The van der Waals surface area contributed by atoms with E-state index in [1.165, 1.54) is 6.92 Å². The van der Waals surface area contributed by atoms with Crippen LogP contribution in [0.2, 0.25) is 0 Å². The van der Waals surface area contributed by atoms with Crippen molar-refractivity contribution in [2.75, 3.05) is 6.61 Å². The molecule has 23 heavy (non-hydrogen) atoms. The predicted molar refractivity (Wildman–Crippen MR) is 90.3 cm³/mol. The fourth-order valence-corrected chi connectivity index (χ4v) is 2.82. The third kappa shape index (κ3) is 4.68. The van der Waals surface area contributed by atoms with Crippen molar-refractivity contribution in [2.24, 2.45) is 11.8 Å². The van der Waals surface area contributed by atoms with Crippen LogP contribution in [0, 0.1) is 11.8 Å². The summed E-state index contributed by atoms with van der Waals surface area (Å²) in [6.45, 7) is 5.93. The average Bonchev–Trinajstić information content (AvgIpc) is 2.54. The molecule has 0 saturated heterocycles. The third-order valence-corrected chi connectivity index (χ3v) is 4.39. The molecule has 0 spiro atoms. The molecule has 0 radical (unpaired) electrons. The number of benzene rings is 1. The first kappa shape index (κ1) is 17.3. The van der Waals surface area contributed by atoms with Crippen molar-refractivity contribution < 1.29 is 14.3 Å². The molecule has 3 rings (SSSR count). The molecule has 1 aromatic carbocycles. The SMILES string of the molecule is C/C=C/[C@H]1CCOc2ccc(cc2)C[C@@H](C(C)=O)NC(=O)[C@@H]1C. The van der Waals surface area contributed by atoms with Crippen LogP contribution >= 0.6 is 0 Å². The van der Waals surface area contributed by atoms with E-state index >= 15 is 0 Å². The van der Waals surface area contributed by atoms with Gasteiger partial charge >= 0.3 is 0 Å². The van der Waals surface area contributed by atoms with Crippen LogP contribution in [0.5, 0.6) is 5.75 Å². The van der Waals surface area contributed by atoms with Crippen molar-refractivity contribution >= 4 is 11.7 Å². The van der Waals surface area contributed by atoms with Gasteiger partial charge in [-0.25, -0.2) is 0 Å². The number of ether oxygens (including phenoxy) is 1. The minimum Gasteiger partial charge on any atom is -0.494 e. The lowest BCUT2D eigenvalue weighted by molar-refractivity contribution is -0.130. The van der Waals surface area contributed by atoms with Gasteiger partial charge in [0, 0.05) is 5.92 Å². The highest BCUT2D eigenvalue weighted by Gasteiger charge is 2.26. The summed E-state index contributed by atoms with van der Waals surface area (Å²) in [4.78, 5) is 24.4. The molecule has 2 heterocycles. The molecule has 1 amide bonds. The van der Waals surface area contributed by atoms with Gasteiger partial charge in [0.05, 0.1) is 12.6 Å². The molecule has 4 heteroatoms. The van der Waals surface area contributed by atoms with E-state index in [9.17, 15) is 9.59 Å². The van der Waals surface area contributed by atoms with Gasteiger partial charge in [-0.2, -0.15) is 0 Å². The third-order valence-electron chi connectivity index (χ3n) is 4.39. The number of hydrogen-bond acceptors (Lipinski definition) is 3. The van der Waals surface area contributed by atoms with Crippen molar-refractivity contribution in [3.05, 3.63) is 42.0 Å². The first-order valence-electron chi connectivity index (χ1n) is 8.16. The number of fused-ring (bicyclic) bond motifs is 10. The van der Waals surface area contributed by atoms with Gasteiger partial charge in [-0.3, -0.25) is 9.59 Å². The topological polar surface area (TPSA) is 55.4 Å². The second-order valence-corrected chi connectivity index (χ2v) is 6.14. The summed E-state index contributed by atoms with van der Waals surface area (Å²) in [7, 11) is 0. The maximum atomic E-state index is 12.5. The molecule has 0 aliphatic carbocycles. The van der Waals surface area contributed by atoms with Crippen LogP contribution in [0.15, 0.2) is 36.4 Å². The van der Waals surface area contributed by atoms with Crippen LogP contribution in [0.1, 0.15) is 32.8 Å². The lowest BCUT2D eigenvalue weighted by atomic mass is 9.89. The summed E-state index contributed by atoms with van der Waals surface area (Å²) in [5.74, 6) is 0.600. The summed E-state index contributed by atoms with van der Waals surface area (Å²) in [6.07, 6.45) is 5.26. The highest BCUT2D eigenvalue weighted by Crippen LogP contribution is 2.21. The monoisotopic (exact) mass is 315 g/mol. The van der Waals surface area contributed by atoms with E-state index in [4.69, 9.17) is 4.74 Å². The van der Waals surface area contributed by atoms with Crippen molar-refractivity contribution in [1.82, 2.24) is 5.32 Å². The molecule has 0 aromatic heterocycles. The highest BCUT2D eigenvalue weighted by atomic mass is 16.5. The second kappa shape index (κ2) is 7.95. The molecule has 4 nitrogen and oxygen atoms in total. The number of carbonyl (C=O) groups is 2. The van der Waals surface area contributed by atoms with E-state index in [-0.39, 0.29) is 23.5 Å². The second-order valence-electron chi connectivity index (χ2n) is 6.14. The Balaban J connectivity index is 2.28. The summed E-state index contributed by atoms with van der Waals surface area (Å²) < 4.78 is 5.77. The molecule has 2 aliphatic heterocycles. The number of amides is 1. The maximum Gasteiger partial charge on any atom is 0.224 e. The van der Waals surface area contributed by atoms with E-state index in [0.717, 1.165) is 17.7 Å². The Labute approximate surface area is 137 Å². The van der Waals surface area contributed by atoms with E-state index in [1.54, 1.807) is 0 Å². The standard InChI is InChI=1S/C19H25NO3/c1-4-5-16-10-11-23-17-8-6-15(7-9-17)12-18(14(3)21)20-19(22)13(16)2/h4-9,13,16,18H,10-12H2,1-3H3,(H,20,22)/b5-4+/t13-,16+,18+/m1/s1. The van der Waals surface area contributed by atoms with Crippen molar-refractivity contribution in [1.29, 1.82) is 0 Å². The number of allylic oxidation sites excluding steroid dienone is 2. The largest absolute Gasteiger partial charge is 0.494 e. The molecule has 0 unspecified atom stereocenters. The van der Waals surface area contributed by atoms with Gasteiger partial charge < -0.3 is 10.1 Å². The quantitative estimate of drug-likeness (QED) is 0.854. The van der Waals surface area contributed by atoms with E-state index < -0.39 is 6.04 Å². The molecule has 124 valence electrons. The molecule has 2 bridgehead atoms. The van der Waals surface area contributed by atoms with Crippen LogP contribution in [-0.2, 0) is 16.0 Å². The fraction of sp³-hybridized carbons (Fsp3) is 0.474. The van der Waals surface area contributed by atoms with Gasteiger partial charge in [-0.15, -0.1) is 0 Å². The van der Waals surface area contributed by atoms with Gasteiger partial charge in [-0.05, 0) is 50.3 Å². The van der Waals surface area contributed by atoms with Crippen molar-refractivity contribution in [2.45, 2.75) is 39.7 Å². The molecular formula is C19H25NO3. The zero-order valence-corrected chi connectivity index (χ0v) is 14.0. The fourth-order valence-electron chi connectivity index (χ4n) is 2.82. The smallest absolute Gasteiger partial charge is 0.224 e. The van der Waals surface area contributed by atoms with Gasteiger partial charge in [0.1, 0.15) is 5.75 Å². The normalized spacial score (nSPS) is 25.9. The Kier molecular flexibility index (Phi) is 5.97. The summed E-state index contributed by atoms with van der Waals surface area (Å²) >= 11 is 0. The van der Waals surface area contributed by atoms with Crippen LogP contribution in [-0.4, -0.2) is 24.3 Å². The van der Waals surface area contributed by atoms with E-state index in [2.05, 4.69) is 5.32 Å². The number of hydrogen-bond donors (Lipinski definition) is 1. The highest BCUT2D eigenvalue weighted by molar-refractivity contribution is 5.88. The number of Topliss-reactive ketones (excluding diaryl/α,β-unsaturated/α-hetero) is 1. The molecule has 0 saturated carbocycles. The molecule has 1 aromatic rings. The summed E-state index contributed by atoms with van der Waals surface area (Å²) in [5.41, 5.74) is 1.01. The minimum atomic E-state index is -0.483. The van der Waals surface area contributed by atoms with Gasteiger partial charge in [0.25, 0.3) is 0 Å². The average molecular weight is 315 g/mol. The number of rotatable bonds is 2. The summed E-state index contributed by atoms with van der Waals surface area (Å²) in [6, 6.07) is 7.24. The Morgan fingerprint density at radius 2 is 2.00 bits per heavy atom. The van der Waals surface area contributed by atoms with Gasteiger partial charge in [0.2, 0.25) is 5.91 Å². The van der Waals surface area contributed by atoms with Gasteiger partial charge in [-0.1, -0.05) is 31.2 Å². The zero-order valence-electron chi connectivity index (χ0n) is 14.0. The number of ketones is 1. The Hall–Kier alpha value is -2.10. The van der Waals surface area contributed by atoms with Crippen molar-refractivity contribution in [3.8, 4) is 5.75 Å². The lowest BCUT2D eigenvalue weighted by Gasteiger charge is -2.23. The van der Waals surface area contributed by atoms with Gasteiger partial charge in [0.15, 0.2) is 5.78 Å². The molecule has 0 fully saturated rings. The van der Waals surface area contributed by atoms with Crippen LogP contribution in [0.4, 0.5) is 0 Å². The Morgan fingerprint density at radius 1 is 1.30 bits per heavy atom. The van der Waals surface area contributed by atoms with Crippen LogP contribution < -0.4 is 10.1 Å². The molecule has 3 atom stereocenters. The lowest BCUT2D eigenvalue weighted by Crippen LogP contribution is -2.45. The number of nitrogens with one attached hydrogen (secondary N) is 1. The Bertz CT molecular complexity index is 577. The first-order chi connectivity index (χ1) is 11.0. The molecule has 2 aliphatic rings. The zero-order chi connectivity index (χ0) is 16.8. The first-order valence-corrected chi connectivity index (χ1v) is 8.16. The Morgan fingerprint density at radius 3 is 2.61 bits per heavy atom. The predicted octanol–water partition coefficient (Wildman–Crippen LogP) is 2.91. The van der Waals surface area contributed by atoms with E-state index in [1.807, 2.05) is 50.3 Å². The number of carbonyl (C=O) groups excluding carboxylic acids is 2. The van der Waals surface area contributed by atoms with E-state index in [0.29, 0.717) is 13.0 Å². The van der Waals surface area contributed by atoms with Crippen LogP contribution in [0.25, 0.3) is 0 Å². The summed E-state index contributed by atoms with van der Waals surface area (Å²) in [5, 5.41) is 2.92. The van der Waals surface area contributed by atoms with Crippen LogP contribution in [0.3, 0.4) is 0 Å². The molecule has 1 N–H and O–H groups in total. The minimum absolute atomic E-state index is 0.0247.